The maximum atomic E-state index is 14.4. The molecule has 3 rings (SSSR count). The quantitative estimate of drug-likeness (QED) is 0.536. The molecule has 0 aliphatic carbocycles. The number of benzene rings is 3. The van der Waals surface area contributed by atoms with Gasteiger partial charge in [0.25, 0.3) is 0 Å². The molecular weight excluding hydrogens is 271 g/mol. The van der Waals surface area contributed by atoms with Crippen LogP contribution in [-0.4, -0.2) is 0 Å². The van der Waals surface area contributed by atoms with Gasteiger partial charge >= 0.3 is 0 Å². The summed E-state index contributed by atoms with van der Waals surface area (Å²) in [6.45, 7) is 5.95. The summed E-state index contributed by atoms with van der Waals surface area (Å²) in [6, 6.07) is 20.1. The van der Waals surface area contributed by atoms with E-state index in [2.05, 4.69) is 31.2 Å². The number of rotatable bonds is 2. The Bertz CT molecular complexity index is 831. The summed E-state index contributed by atoms with van der Waals surface area (Å²) in [7, 11) is 0. The normalized spacial score (nSPS) is 10.7. The van der Waals surface area contributed by atoms with Crippen molar-refractivity contribution in [3.63, 3.8) is 0 Å². The van der Waals surface area contributed by atoms with Gasteiger partial charge in [-0.15, -0.1) is 0 Å². The van der Waals surface area contributed by atoms with Gasteiger partial charge in [-0.3, -0.25) is 0 Å². The van der Waals surface area contributed by atoms with E-state index >= 15 is 0 Å². The summed E-state index contributed by atoms with van der Waals surface area (Å²) in [4.78, 5) is 0. The molecule has 0 amide bonds. The third-order valence-corrected chi connectivity index (χ3v) is 4.16. The highest BCUT2D eigenvalue weighted by Crippen LogP contribution is 2.32. The lowest BCUT2D eigenvalue weighted by atomic mass is 9.93. The van der Waals surface area contributed by atoms with Gasteiger partial charge in [0.15, 0.2) is 0 Å². The van der Waals surface area contributed by atoms with Crippen molar-refractivity contribution in [1.29, 1.82) is 0 Å². The Morgan fingerprint density at radius 1 is 0.591 bits per heavy atom. The third kappa shape index (κ3) is 2.55. The van der Waals surface area contributed by atoms with Crippen molar-refractivity contribution in [2.45, 2.75) is 20.8 Å². The van der Waals surface area contributed by atoms with Crippen LogP contribution in [0.2, 0.25) is 0 Å². The van der Waals surface area contributed by atoms with Crippen LogP contribution < -0.4 is 0 Å². The molecule has 22 heavy (non-hydrogen) atoms. The average Bonchev–Trinajstić information content (AvgIpc) is 2.51. The van der Waals surface area contributed by atoms with Crippen molar-refractivity contribution in [1.82, 2.24) is 0 Å². The lowest BCUT2D eigenvalue weighted by molar-refractivity contribution is 0.622. The standard InChI is InChI=1S/C21H19F/c1-14-7-4-5-9-18(14)17-11-12-19(16(3)13-17)20-10-6-8-15(2)21(20)22/h4-13H,1-3H3. The highest BCUT2D eigenvalue weighted by molar-refractivity contribution is 5.75. The maximum Gasteiger partial charge on any atom is 0.133 e. The summed E-state index contributed by atoms with van der Waals surface area (Å²) in [5, 5.41) is 0. The van der Waals surface area contributed by atoms with E-state index in [1.165, 1.54) is 16.7 Å². The van der Waals surface area contributed by atoms with Crippen LogP contribution in [0.5, 0.6) is 0 Å². The van der Waals surface area contributed by atoms with Gasteiger partial charge in [-0.2, -0.15) is 0 Å². The van der Waals surface area contributed by atoms with Crippen molar-refractivity contribution >= 4 is 0 Å². The second kappa shape index (κ2) is 5.76. The van der Waals surface area contributed by atoms with Crippen LogP contribution in [0, 0.1) is 26.6 Å². The van der Waals surface area contributed by atoms with Gasteiger partial charge < -0.3 is 0 Å². The smallest absolute Gasteiger partial charge is 0.133 e. The molecule has 0 saturated carbocycles. The third-order valence-electron chi connectivity index (χ3n) is 4.16. The Labute approximate surface area is 131 Å². The van der Waals surface area contributed by atoms with E-state index < -0.39 is 0 Å². The van der Waals surface area contributed by atoms with Crippen LogP contribution in [0.15, 0.2) is 60.7 Å². The molecule has 0 unspecified atom stereocenters. The largest absolute Gasteiger partial charge is 0.206 e. The molecular formula is C21H19F. The van der Waals surface area contributed by atoms with Gasteiger partial charge in [-0.25, -0.2) is 4.39 Å². The first-order valence-corrected chi connectivity index (χ1v) is 7.50. The first-order valence-electron chi connectivity index (χ1n) is 7.50. The van der Waals surface area contributed by atoms with Crippen molar-refractivity contribution in [2.24, 2.45) is 0 Å². The van der Waals surface area contributed by atoms with Crippen molar-refractivity contribution in [3.8, 4) is 22.3 Å². The second-order valence-electron chi connectivity index (χ2n) is 5.78. The molecule has 0 saturated heterocycles. The molecule has 0 heterocycles. The molecule has 0 spiro atoms. The molecule has 0 N–H and O–H groups in total. The zero-order valence-corrected chi connectivity index (χ0v) is 13.2. The van der Waals surface area contributed by atoms with E-state index in [-0.39, 0.29) is 5.82 Å². The summed E-state index contributed by atoms with van der Waals surface area (Å²) >= 11 is 0. The fraction of sp³-hybridized carbons (Fsp3) is 0.143. The molecule has 0 nitrogen and oxygen atoms in total. The number of aryl methyl sites for hydroxylation is 3. The van der Waals surface area contributed by atoms with Crippen molar-refractivity contribution in [3.05, 3.63) is 83.2 Å². The van der Waals surface area contributed by atoms with E-state index in [0.29, 0.717) is 11.1 Å². The van der Waals surface area contributed by atoms with E-state index in [9.17, 15) is 4.39 Å². The fourth-order valence-corrected chi connectivity index (χ4v) is 2.89. The molecule has 0 radical (unpaired) electrons. The van der Waals surface area contributed by atoms with Crippen molar-refractivity contribution in [2.75, 3.05) is 0 Å². The molecule has 0 fully saturated rings. The van der Waals surface area contributed by atoms with E-state index in [1.54, 1.807) is 13.0 Å². The maximum absolute atomic E-state index is 14.4. The van der Waals surface area contributed by atoms with E-state index in [0.717, 1.165) is 11.1 Å². The molecule has 0 atom stereocenters. The highest BCUT2D eigenvalue weighted by Gasteiger charge is 2.11. The van der Waals surface area contributed by atoms with Crippen LogP contribution >= 0.6 is 0 Å². The topological polar surface area (TPSA) is 0 Å². The lowest BCUT2D eigenvalue weighted by Crippen LogP contribution is -1.92. The summed E-state index contributed by atoms with van der Waals surface area (Å²) in [6.07, 6.45) is 0. The molecule has 3 aromatic carbocycles. The van der Waals surface area contributed by atoms with Crippen molar-refractivity contribution < 1.29 is 4.39 Å². The Hall–Kier alpha value is -2.41. The second-order valence-corrected chi connectivity index (χ2v) is 5.78. The lowest BCUT2D eigenvalue weighted by Gasteiger charge is -2.12. The Morgan fingerprint density at radius 2 is 1.27 bits per heavy atom. The summed E-state index contributed by atoms with van der Waals surface area (Å²) in [5.41, 5.74) is 7.04. The first kappa shape index (κ1) is 14.5. The molecule has 0 aliphatic rings. The molecule has 1 heteroatoms. The highest BCUT2D eigenvalue weighted by atomic mass is 19.1. The van der Waals surface area contributed by atoms with Gasteiger partial charge in [0.05, 0.1) is 0 Å². The Balaban J connectivity index is 2.11. The zero-order valence-electron chi connectivity index (χ0n) is 13.2. The Kier molecular flexibility index (Phi) is 3.81. The minimum absolute atomic E-state index is 0.130. The average molecular weight is 290 g/mol. The minimum Gasteiger partial charge on any atom is -0.206 e. The molecule has 0 bridgehead atoms. The monoisotopic (exact) mass is 290 g/mol. The zero-order chi connectivity index (χ0) is 15.7. The van der Waals surface area contributed by atoms with Gasteiger partial charge in [0.2, 0.25) is 0 Å². The van der Waals surface area contributed by atoms with Gasteiger partial charge in [0.1, 0.15) is 5.82 Å². The Morgan fingerprint density at radius 3 is 2.00 bits per heavy atom. The number of hydrogen-bond acceptors (Lipinski definition) is 0. The van der Waals surface area contributed by atoms with Gasteiger partial charge in [0, 0.05) is 5.56 Å². The minimum atomic E-state index is -0.130. The molecule has 3 aromatic rings. The number of hydrogen-bond donors (Lipinski definition) is 0. The fourth-order valence-electron chi connectivity index (χ4n) is 2.89. The SMILES string of the molecule is Cc1ccccc1-c1ccc(-c2cccc(C)c2F)c(C)c1. The summed E-state index contributed by atoms with van der Waals surface area (Å²) < 4.78 is 14.4. The van der Waals surface area contributed by atoms with Crippen LogP contribution in [0.4, 0.5) is 4.39 Å². The van der Waals surface area contributed by atoms with Crippen LogP contribution in [0.1, 0.15) is 16.7 Å². The summed E-state index contributed by atoms with van der Waals surface area (Å²) in [5.74, 6) is -0.130. The van der Waals surface area contributed by atoms with Crippen LogP contribution in [0.25, 0.3) is 22.3 Å². The molecule has 110 valence electrons. The molecule has 0 aliphatic heterocycles. The number of halogens is 1. The predicted octanol–water partition coefficient (Wildman–Crippen LogP) is 6.08. The van der Waals surface area contributed by atoms with E-state index in [1.807, 2.05) is 37.3 Å². The predicted molar refractivity (Wildman–Crippen MR) is 91.5 cm³/mol. The van der Waals surface area contributed by atoms with Gasteiger partial charge in [-0.05, 0) is 54.2 Å². The van der Waals surface area contributed by atoms with Gasteiger partial charge in [-0.1, -0.05) is 60.7 Å². The first-order chi connectivity index (χ1) is 10.6. The van der Waals surface area contributed by atoms with E-state index in [4.69, 9.17) is 0 Å². The van der Waals surface area contributed by atoms with Crippen LogP contribution in [-0.2, 0) is 0 Å². The van der Waals surface area contributed by atoms with Crippen LogP contribution in [0.3, 0.4) is 0 Å². The molecule has 0 aromatic heterocycles.